The molecule has 1 unspecified atom stereocenters. The van der Waals surface area contributed by atoms with Crippen molar-refractivity contribution in [1.82, 2.24) is 30.2 Å². The Bertz CT molecular complexity index is 1150. The van der Waals surface area contributed by atoms with E-state index in [2.05, 4.69) is 30.7 Å². The van der Waals surface area contributed by atoms with Gasteiger partial charge in [-0.1, -0.05) is 30.3 Å². The Balaban J connectivity index is 1.27. The fourth-order valence-electron chi connectivity index (χ4n) is 3.39. The second-order valence-electron chi connectivity index (χ2n) is 6.91. The van der Waals surface area contributed by atoms with Gasteiger partial charge in [0.15, 0.2) is 0 Å². The van der Waals surface area contributed by atoms with E-state index >= 15 is 0 Å². The molecule has 2 aromatic heterocycles. The Kier molecular flexibility index (Phi) is 4.49. The number of benzene rings is 2. The smallest absolute Gasteiger partial charge is 0.248 e. The molecule has 4 aromatic rings. The number of hydrogen-bond acceptors (Lipinski definition) is 6. The van der Waals surface area contributed by atoms with Crippen LogP contribution in [-0.4, -0.2) is 42.7 Å². The van der Waals surface area contributed by atoms with Crippen LogP contribution in [0.3, 0.4) is 0 Å². The van der Waals surface area contributed by atoms with Crippen LogP contribution >= 0.6 is 0 Å². The van der Waals surface area contributed by atoms with Crippen molar-refractivity contribution in [3.05, 3.63) is 54.4 Å². The first kappa shape index (κ1) is 17.5. The van der Waals surface area contributed by atoms with Crippen LogP contribution in [0, 0.1) is 0 Å². The van der Waals surface area contributed by atoms with E-state index in [0.717, 1.165) is 41.9 Å². The number of nitrogens with zero attached hydrogens (tertiary/aromatic N) is 5. The van der Waals surface area contributed by atoms with Gasteiger partial charge in [-0.3, -0.25) is 4.79 Å². The molecule has 29 heavy (non-hydrogen) atoms. The Labute approximate surface area is 166 Å². The normalized spacial score (nSPS) is 16.3. The number of aromatic amines is 1. The summed E-state index contributed by atoms with van der Waals surface area (Å²) in [4.78, 5) is 21.6. The number of nitrogens with one attached hydrogen (secondary N) is 2. The van der Waals surface area contributed by atoms with Gasteiger partial charge in [0.25, 0.3) is 0 Å². The van der Waals surface area contributed by atoms with Gasteiger partial charge in [-0.15, -0.1) is 10.2 Å². The van der Waals surface area contributed by atoms with Crippen molar-refractivity contribution in [3.8, 4) is 11.4 Å². The highest BCUT2D eigenvalue weighted by Gasteiger charge is 2.21. The van der Waals surface area contributed by atoms with Crippen molar-refractivity contribution >= 4 is 22.6 Å². The van der Waals surface area contributed by atoms with Gasteiger partial charge < -0.3 is 15.0 Å². The van der Waals surface area contributed by atoms with Crippen LogP contribution < -0.4 is 5.32 Å². The van der Waals surface area contributed by atoms with E-state index in [9.17, 15) is 4.79 Å². The molecule has 2 N–H and O–H groups in total. The van der Waals surface area contributed by atoms with Gasteiger partial charge >= 0.3 is 0 Å². The van der Waals surface area contributed by atoms with Gasteiger partial charge in [0.2, 0.25) is 11.7 Å². The molecule has 2 aromatic carbocycles. The first-order chi connectivity index (χ1) is 14.2. The monoisotopic (exact) mass is 389 g/mol. The lowest BCUT2D eigenvalue weighted by Crippen LogP contribution is -2.20. The Morgan fingerprint density at radius 1 is 1.24 bits per heavy atom. The number of carbonyl (C=O) groups excluding carboxylic acids is 1. The minimum atomic E-state index is -0.236. The molecule has 1 amide bonds. The number of carbonyl (C=O) groups is 1. The average molecular weight is 389 g/mol. The van der Waals surface area contributed by atoms with Gasteiger partial charge in [-0.05, 0) is 36.3 Å². The molecular weight excluding hydrogens is 370 g/mol. The van der Waals surface area contributed by atoms with Crippen molar-refractivity contribution in [2.24, 2.45) is 0 Å². The van der Waals surface area contributed by atoms with Crippen molar-refractivity contribution in [1.29, 1.82) is 0 Å². The molecule has 0 saturated carbocycles. The molecule has 3 heterocycles. The zero-order valence-electron chi connectivity index (χ0n) is 15.6. The van der Waals surface area contributed by atoms with E-state index in [1.54, 1.807) is 0 Å². The minimum absolute atomic E-state index is 0.0256. The zero-order chi connectivity index (χ0) is 19.6. The lowest BCUT2D eigenvalue weighted by Gasteiger charge is -2.04. The third kappa shape index (κ3) is 3.72. The van der Waals surface area contributed by atoms with Crippen molar-refractivity contribution < 1.29 is 9.53 Å². The summed E-state index contributed by atoms with van der Waals surface area (Å²) in [6.45, 7) is 0.743. The van der Waals surface area contributed by atoms with Crippen LogP contribution in [0.15, 0.2) is 48.5 Å². The summed E-state index contributed by atoms with van der Waals surface area (Å²) in [7, 11) is 0. The summed E-state index contributed by atoms with van der Waals surface area (Å²) in [5.41, 5.74) is 3.23. The van der Waals surface area contributed by atoms with E-state index < -0.39 is 0 Å². The number of ether oxygens (including phenoxy) is 1. The molecule has 1 atom stereocenters. The second-order valence-corrected chi connectivity index (χ2v) is 6.91. The number of anilines is 1. The van der Waals surface area contributed by atoms with Gasteiger partial charge in [0.05, 0.1) is 11.0 Å². The van der Waals surface area contributed by atoms with Crippen LogP contribution in [0.5, 0.6) is 0 Å². The van der Waals surface area contributed by atoms with Crippen molar-refractivity contribution in [2.45, 2.75) is 25.5 Å². The van der Waals surface area contributed by atoms with Crippen LogP contribution in [-0.2, 0) is 16.1 Å². The number of tetrazole rings is 1. The Hall–Kier alpha value is -3.59. The highest BCUT2D eigenvalue weighted by atomic mass is 16.5. The summed E-state index contributed by atoms with van der Waals surface area (Å²) in [6.07, 6.45) is 2.04. The summed E-state index contributed by atoms with van der Waals surface area (Å²) in [6, 6.07) is 15.1. The highest BCUT2D eigenvalue weighted by Crippen LogP contribution is 2.28. The number of aromatic nitrogens is 6. The van der Waals surface area contributed by atoms with Crippen LogP contribution in [0.1, 0.15) is 24.8 Å². The van der Waals surface area contributed by atoms with Gasteiger partial charge in [-0.25, -0.2) is 4.98 Å². The predicted molar refractivity (Wildman–Crippen MR) is 106 cm³/mol. The van der Waals surface area contributed by atoms with E-state index in [-0.39, 0.29) is 18.6 Å². The minimum Gasteiger partial charge on any atom is -0.370 e. The van der Waals surface area contributed by atoms with Crippen LogP contribution in [0.4, 0.5) is 5.69 Å². The number of imidazole rings is 1. The van der Waals surface area contributed by atoms with E-state index in [0.29, 0.717) is 11.5 Å². The Morgan fingerprint density at radius 3 is 2.97 bits per heavy atom. The lowest BCUT2D eigenvalue weighted by molar-refractivity contribution is -0.117. The van der Waals surface area contributed by atoms with Crippen molar-refractivity contribution in [2.75, 3.05) is 11.9 Å². The summed E-state index contributed by atoms with van der Waals surface area (Å²) < 4.78 is 5.68. The largest absolute Gasteiger partial charge is 0.370 e. The molecule has 1 aliphatic heterocycles. The number of amides is 1. The maximum absolute atomic E-state index is 12.4. The standard InChI is InChI=1S/C20H19N7O2/c28-18(12-27-25-19(24-26-27)13-5-2-1-3-6-13)21-14-8-9-15-16(11-14)23-20(22-15)17-7-4-10-29-17/h1-3,5-6,8-9,11,17H,4,7,10,12H2,(H,21,28)(H,22,23). The molecule has 9 nitrogen and oxygen atoms in total. The number of fused-ring (bicyclic) bond motifs is 1. The lowest BCUT2D eigenvalue weighted by atomic mass is 10.2. The molecular formula is C20H19N7O2. The third-order valence-corrected chi connectivity index (χ3v) is 4.79. The molecule has 5 rings (SSSR count). The number of hydrogen-bond donors (Lipinski definition) is 2. The number of rotatable bonds is 5. The van der Waals surface area contributed by atoms with Crippen molar-refractivity contribution in [3.63, 3.8) is 0 Å². The van der Waals surface area contributed by atoms with Crippen LogP contribution in [0.25, 0.3) is 22.4 Å². The predicted octanol–water partition coefficient (Wildman–Crippen LogP) is 2.71. The summed E-state index contributed by atoms with van der Waals surface area (Å²) in [5.74, 6) is 1.08. The quantitative estimate of drug-likeness (QED) is 0.543. The fraction of sp³-hybridized carbons (Fsp3) is 0.250. The maximum atomic E-state index is 12.4. The number of H-pyrrole nitrogens is 1. The van der Waals surface area contributed by atoms with Gasteiger partial charge in [0, 0.05) is 17.9 Å². The SMILES string of the molecule is O=C(Cn1nnc(-c2ccccc2)n1)Nc1ccc2nc(C3CCCO3)[nH]c2c1. The van der Waals surface area contributed by atoms with E-state index in [4.69, 9.17) is 4.74 Å². The van der Waals surface area contributed by atoms with Gasteiger partial charge in [-0.2, -0.15) is 4.80 Å². The Morgan fingerprint density at radius 2 is 2.14 bits per heavy atom. The van der Waals surface area contributed by atoms with Gasteiger partial charge in [0.1, 0.15) is 18.5 Å². The third-order valence-electron chi connectivity index (χ3n) is 4.79. The topological polar surface area (TPSA) is 111 Å². The maximum Gasteiger partial charge on any atom is 0.248 e. The molecule has 0 spiro atoms. The summed E-state index contributed by atoms with van der Waals surface area (Å²) in [5, 5.41) is 15.1. The molecule has 0 aliphatic carbocycles. The van der Waals surface area contributed by atoms with E-state index in [1.807, 2.05) is 48.5 Å². The molecule has 9 heteroatoms. The average Bonchev–Trinajstić information content (AvgIpc) is 3.48. The summed E-state index contributed by atoms with van der Waals surface area (Å²) >= 11 is 0. The molecule has 0 radical (unpaired) electrons. The molecule has 1 fully saturated rings. The first-order valence-corrected chi connectivity index (χ1v) is 9.49. The van der Waals surface area contributed by atoms with E-state index in [1.165, 1.54) is 4.80 Å². The molecule has 146 valence electrons. The molecule has 0 bridgehead atoms. The fourth-order valence-corrected chi connectivity index (χ4v) is 3.39. The molecule has 1 aliphatic rings. The molecule has 1 saturated heterocycles. The highest BCUT2D eigenvalue weighted by molar-refractivity contribution is 5.92. The second kappa shape index (κ2) is 7.44. The first-order valence-electron chi connectivity index (χ1n) is 9.49. The van der Waals surface area contributed by atoms with Crippen LogP contribution in [0.2, 0.25) is 0 Å². The zero-order valence-corrected chi connectivity index (χ0v) is 15.6.